The summed E-state index contributed by atoms with van der Waals surface area (Å²) >= 11 is 7.40. The maximum atomic E-state index is 14.9. The molecule has 3 heterocycles. The van der Waals surface area contributed by atoms with Gasteiger partial charge in [0.1, 0.15) is 23.1 Å². The van der Waals surface area contributed by atoms with E-state index in [1.54, 1.807) is 17.2 Å². The van der Waals surface area contributed by atoms with Crippen LogP contribution in [0.3, 0.4) is 0 Å². The third kappa shape index (κ3) is 5.50. The van der Waals surface area contributed by atoms with Crippen molar-refractivity contribution in [1.29, 1.82) is 0 Å². The Morgan fingerprint density at radius 2 is 2.16 bits per heavy atom. The van der Waals surface area contributed by atoms with Gasteiger partial charge in [-0.3, -0.25) is 9.69 Å². The number of likely N-dealkylation sites (tertiary alicyclic amines) is 1. The van der Waals surface area contributed by atoms with E-state index in [0.29, 0.717) is 10.9 Å². The SMILES string of the molecule is BC(O)(c1cccc(Cl)c1F)N1CCC(Cc2nc(Nc3ncc(C)s3)ccc2F)(C(=O)OC)CC1C. The minimum Gasteiger partial charge on any atom is -0.469 e. The van der Waals surface area contributed by atoms with Crippen LogP contribution in [0.5, 0.6) is 0 Å². The lowest BCUT2D eigenvalue weighted by Crippen LogP contribution is -2.58. The van der Waals surface area contributed by atoms with Gasteiger partial charge in [-0.1, -0.05) is 23.7 Å². The molecule has 2 N–H and O–H groups in total. The van der Waals surface area contributed by atoms with Gasteiger partial charge in [0.2, 0.25) is 0 Å². The first-order chi connectivity index (χ1) is 17.5. The number of halogens is 3. The molecule has 1 aliphatic heterocycles. The number of nitrogens with zero attached hydrogens (tertiary/aromatic N) is 3. The molecule has 0 radical (unpaired) electrons. The second kappa shape index (κ2) is 10.6. The molecule has 3 atom stereocenters. The average molecular weight is 549 g/mol. The van der Waals surface area contributed by atoms with E-state index in [4.69, 9.17) is 16.3 Å². The van der Waals surface area contributed by atoms with Gasteiger partial charge in [-0.25, -0.2) is 18.7 Å². The van der Waals surface area contributed by atoms with Gasteiger partial charge in [0.25, 0.3) is 0 Å². The van der Waals surface area contributed by atoms with Crippen molar-refractivity contribution < 1.29 is 23.4 Å². The summed E-state index contributed by atoms with van der Waals surface area (Å²) in [4.78, 5) is 24.5. The predicted octanol–water partition coefficient (Wildman–Crippen LogP) is 4.14. The largest absolute Gasteiger partial charge is 0.469 e. The maximum Gasteiger partial charge on any atom is 0.312 e. The Labute approximate surface area is 224 Å². The van der Waals surface area contributed by atoms with Gasteiger partial charge < -0.3 is 15.2 Å². The van der Waals surface area contributed by atoms with E-state index >= 15 is 0 Å². The molecule has 0 bridgehead atoms. The van der Waals surface area contributed by atoms with Gasteiger partial charge in [0.05, 0.1) is 23.2 Å². The lowest BCUT2D eigenvalue weighted by atomic mass is 9.69. The third-order valence-electron chi connectivity index (χ3n) is 6.97. The van der Waals surface area contributed by atoms with E-state index in [2.05, 4.69) is 15.3 Å². The van der Waals surface area contributed by atoms with E-state index in [1.165, 1.54) is 50.6 Å². The molecule has 3 unspecified atom stereocenters. The molecule has 1 saturated heterocycles. The summed E-state index contributed by atoms with van der Waals surface area (Å²) in [5, 5.41) is 15.0. The minimum absolute atomic E-state index is 0.00374. The number of hydrogen-bond donors (Lipinski definition) is 2. The van der Waals surface area contributed by atoms with Crippen LogP contribution in [0.25, 0.3) is 0 Å². The monoisotopic (exact) mass is 548 g/mol. The second-order valence-electron chi connectivity index (χ2n) is 9.59. The Hall–Kier alpha value is -2.60. The molecule has 4 rings (SSSR count). The number of esters is 1. The quantitative estimate of drug-likeness (QED) is 0.339. The zero-order chi connectivity index (χ0) is 27.0. The van der Waals surface area contributed by atoms with Crippen molar-refractivity contribution in [2.75, 3.05) is 19.0 Å². The Kier molecular flexibility index (Phi) is 7.89. The fourth-order valence-corrected chi connectivity index (χ4v) is 6.00. The minimum atomic E-state index is -1.68. The molecule has 37 heavy (non-hydrogen) atoms. The van der Waals surface area contributed by atoms with Gasteiger partial charge in [-0.05, 0) is 44.9 Å². The van der Waals surface area contributed by atoms with Gasteiger partial charge >= 0.3 is 5.97 Å². The van der Waals surface area contributed by atoms with Gasteiger partial charge in [0.15, 0.2) is 13.0 Å². The zero-order valence-corrected chi connectivity index (χ0v) is 22.6. The number of anilines is 2. The van der Waals surface area contributed by atoms with Crippen LogP contribution in [0.2, 0.25) is 5.02 Å². The lowest BCUT2D eigenvalue weighted by Gasteiger charge is -2.49. The molecular formula is C25H28BClF2N4O3S. The highest BCUT2D eigenvalue weighted by atomic mass is 35.5. The van der Waals surface area contributed by atoms with Crippen molar-refractivity contribution in [2.45, 2.75) is 44.8 Å². The van der Waals surface area contributed by atoms with Crippen LogP contribution >= 0.6 is 22.9 Å². The molecule has 0 spiro atoms. The van der Waals surface area contributed by atoms with Crippen molar-refractivity contribution in [3.8, 4) is 0 Å². The Morgan fingerprint density at radius 3 is 2.81 bits per heavy atom. The summed E-state index contributed by atoms with van der Waals surface area (Å²) in [7, 11) is 2.80. The lowest BCUT2D eigenvalue weighted by molar-refractivity contribution is -0.163. The smallest absolute Gasteiger partial charge is 0.312 e. The molecule has 2 aromatic heterocycles. The number of rotatable bonds is 7. The fourth-order valence-electron chi connectivity index (χ4n) is 5.16. The third-order valence-corrected chi connectivity index (χ3v) is 8.09. The number of aliphatic hydroxyl groups is 1. The standard InChI is InChI=1S/C25H28BClF2N4O3S/c1-14-11-24(22(34)36-3,9-10-33(14)25(26,35)16-5-4-6-17(27)21(16)29)12-19-18(28)7-8-20(31-19)32-23-30-13-15(2)37-23/h4-8,13-14,35H,9-12,26H2,1-3H3,(H,30,31,32). The van der Waals surface area contributed by atoms with Crippen LogP contribution in [0.4, 0.5) is 19.7 Å². The molecule has 0 aliphatic carbocycles. The summed E-state index contributed by atoms with van der Waals surface area (Å²) in [5.74, 6) is -1.30. The highest BCUT2D eigenvalue weighted by Crippen LogP contribution is 2.43. The van der Waals surface area contributed by atoms with Crippen LogP contribution in [0.15, 0.2) is 36.5 Å². The number of piperidine rings is 1. The van der Waals surface area contributed by atoms with Crippen LogP contribution in [0.1, 0.15) is 35.9 Å². The molecular weight excluding hydrogens is 521 g/mol. The first kappa shape index (κ1) is 27.4. The number of aryl methyl sites for hydroxylation is 1. The summed E-state index contributed by atoms with van der Waals surface area (Å²) in [5.41, 5.74) is -2.61. The molecule has 7 nitrogen and oxygen atoms in total. The number of methoxy groups -OCH3 is 1. The van der Waals surface area contributed by atoms with Crippen LogP contribution < -0.4 is 5.32 Å². The number of carbonyl (C=O) groups is 1. The number of nitrogens with one attached hydrogen (secondary N) is 1. The highest BCUT2D eigenvalue weighted by molar-refractivity contribution is 7.15. The summed E-state index contributed by atoms with van der Waals surface area (Å²) in [6.07, 6.45) is 2.21. The van der Waals surface area contributed by atoms with Crippen LogP contribution in [-0.4, -0.2) is 53.5 Å². The zero-order valence-electron chi connectivity index (χ0n) is 21.0. The molecule has 0 amide bonds. The molecule has 1 aliphatic rings. The Balaban J connectivity index is 1.60. The van der Waals surface area contributed by atoms with Gasteiger partial charge in [-0.15, -0.1) is 11.3 Å². The van der Waals surface area contributed by atoms with E-state index in [1.807, 2.05) is 13.8 Å². The summed E-state index contributed by atoms with van der Waals surface area (Å²) in [6.45, 7) is 3.99. The number of benzene rings is 1. The Morgan fingerprint density at radius 1 is 1.41 bits per heavy atom. The van der Waals surface area contributed by atoms with Gasteiger partial charge in [0, 0.05) is 35.6 Å². The number of carbonyl (C=O) groups excluding carboxylic acids is 1. The fraction of sp³-hybridized carbons (Fsp3) is 0.400. The van der Waals surface area contributed by atoms with Crippen molar-refractivity contribution >= 4 is 47.7 Å². The van der Waals surface area contributed by atoms with E-state index in [-0.39, 0.29) is 48.1 Å². The maximum absolute atomic E-state index is 14.9. The second-order valence-corrected chi connectivity index (χ2v) is 11.2. The van der Waals surface area contributed by atoms with Crippen molar-refractivity contribution in [1.82, 2.24) is 14.9 Å². The van der Waals surface area contributed by atoms with E-state index in [9.17, 15) is 18.7 Å². The first-order valence-electron chi connectivity index (χ1n) is 11.8. The molecule has 3 aromatic rings. The highest BCUT2D eigenvalue weighted by Gasteiger charge is 2.49. The number of ether oxygens (including phenoxy) is 1. The Bertz CT molecular complexity index is 1310. The molecule has 196 valence electrons. The van der Waals surface area contributed by atoms with Crippen molar-refractivity contribution in [3.05, 3.63) is 69.3 Å². The number of thiazole rings is 1. The normalized spacial score (nSPS) is 21.9. The molecule has 1 aromatic carbocycles. The van der Waals surface area contributed by atoms with Crippen molar-refractivity contribution in [3.63, 3.8) is 0 Å². The van der Waals surface area contributed by atoms with Crippen molar-refractivity contribution in [2.24, 2.45) is 5.41 Å². The van der Waals surface area contributed by atoms with E-state index in [0.717, 1.165) is 4.88 Å². The van der Waals surface area contributed by atoms with Crippen LogP contribution in [0, 0.1) is 24.0 Å². The molecule has 12 heteroatoms. The number of pyridine rings is 1. The van der Waals surface area contributed by atoms with E-state index < -0.39 is 28.6 Å². The number of hydrogen-bond acceptors (Lipinski definition) is 8. The van der Waals surface area contributed by atoms with Crippen LogP contribution in [-0.2, 0) is 21.6 Å². The predicted molar refractivity (Wildman–Crippen MR) is 142 cm³/mol. The average Bonchev–Trinajstić information content (AvgIpc) is 3.26. The number of aromatic nitrogens is 2. The topological polar surface area (TPSA) is 87.6 Å². The molecule has 0 saturated carbocycles. The first-order valence-corrected chi connectivity index (χ1v) is 13.0. The van der Waals surface area contributed by atoms with Gasteiger partial charge in [-0.2, -0.15) is 0 Å². The molecule has 1 fully saturated rings. The summed E-state index contributed by atoms with van der Waals surface area (Å²) in [6, 6.07) is 6.91. The summed E-state index contributed by atoms with van der Waals surface area (Å²) < 4.78 is 34.9.